The number of aryl methyl sites for hydroxylation is 1. The lowest BCUT2D eigenvalue weighted by Gasteiger charge is -2.09. The molecule has 1 aromatic carbocycles. The van der Waals surface area contributed by atoms with E-state index in [4.69, 9.17) is 12.2 Å². The third-order valence-corrected chi connectivity index (χ3v) is 5.74. The third-order valence-electron chi connectivity index (χ3n) is 5.45. The van der Waals surface area contributed by atoms with Gasteiger partial charge in [-0.2, -0.15) is 0 Å². The molecular weight excluding hydrogens is 314 g/mol. The van der Waals surface area contributed by atoms with Crippen LogP contribution in [-0.2, 0) is 0 Å². The van der Waals surface area contributed by atoms with Gasteiger partial charge in [0, 0.05) is 29.7 Å². The predicted molar refractivity (Wildman–Crippen MR) is 106 cm³/mol. The fourth-order valence-electron chi connectivity index (χ4n) is 4.12. The van der Waals surface area contributed by atoms with Crippen molar-refractivity contribution in [2.24, 2.45) is 11.3 Å². The van der Waals surface area contributed by atoms with Gasteiger partial charge in [-0.15, -0.1) is 6.58 Å². The Hall–Kier alpha value is -1.81. The Labute approximate surface area is 149 Å². The molecule has 0 amide bonds. The molecule has 0 unspecified atom stereocenters. The molecule has 128 valence electrons. The first-order valence-corrected chi connectivity index (χ1v) is 9.07. The van der Waals surface area contributed by atoms with E-state index in [-0.39, 0.29) is 0 Å². The molecule has 0 radical (unpaired) electrons. The van der Waals surface area contributed by atoms with Crippen molar-refractivity contribution in [1.29, 1.82) is 0 Å². The van der Waals surface area contributed by atoms with Crippen molar-refractivity contribution in [2.75, 3.05) is 13.1 Å². The number of rotatable bonds is 6. The van der Waals surface area contributed by atoms with E-state index in [1.165, 1.54) is 22.2 Å². The molecule has 0 bridgehead atoms. The molecular formula is C20H27N3S. The Balaban J connectivity index is 1.67. The molecule has 1 aromatic heterocycles. The van der Waals surface area contributed by atoms with Crippen LogP contribution in [0.3, 0.4) is 0 Å². The number of benzene rings is 1. The first-order valence-electron chi connectivity index (χ1n) is 8.66. The van der Waals surface area contributed by atoms with Crippen LogP contribution in [0.2, 0.25) is 0 Å². The molecule has 4 heteroatoms. The van der Waals surface area contributed by atoms with Crippen molar-refractivity contribution in [3.05, 3.63) is 48.2 Å². The lowest BCUT2D eigenvalue weighted by molar-refractivity contribution is 0.527. The third kappa shape index (κ3) is 3.07. The van der Waals surface area contributed by atoms with Gasteiger partial charge in [0.15, 0.2) is 5.11 Å². The van der Waals surface area contributed by atoms with Crippen LogP contribution in [0.1, 0.15) is 37.4 Å². The number of para-hydroxylation sites is 1. The first kappa shape index (κ1) is 17.0. The number of aromatic amines is 1. The molecule has 1 aliphatic rings. The van der Waals surface area contributed by atoms with Gasteiger partial charge in [0.2, 0.25) is 0 Å². The predicted octanol–water partition coefficient (Wildman–Crippen LogP) is 4.26. The minimum Gasteiger partial charge on any atom is -0.363 e. The molecule has 0 saturated heterocycles. The average Bonchev–Trinajstić information content (AvgIpc) is 2.91. The van der Waals surface area contributed by atoms with E-state index >= 15 is 0 Å². The number of hydrogen-bond acceptors (Lipinski definition) is 1. The van der Waals surface area contributed by atoms with E-state index in [1.807, 2.05) is 6.08 Å². The molecule has 1 fully saturated rings. The second kappa shape index (κ2) is 6.60. The van der Waals surface area contributed by atoms with Crippen LogP contribution >= 0.6 is 12.2 Å². The monoisotopic (exact) mass is 341 g/mol. The van der Waals surface area contributed by atoms with Gasteiger partial charge in [-0.1, -0.05) is 38.1 Å². The van der Waals surface area contributed by atoms with Crippen molar-refractivity contribution >= 4 is 28.2 Å². The number of fused-ring (bicyclic) bond motifs is 1. The van der Waals surface area contributed by atoms with Crippen LogP contribution in [0.4, 0.5) is 0 Å². The second-order valence-corrected chi connectivity index (χ2v) is 7.74. The van der Waals surface area contributed by atoms with Crippen LogP contribution in [0, 0.1) is 18.3 Å². The summed E-state index contributed by atoms with van der Waals surface area (Å²) in [4.78, 5) is 3.55. The maximum Gasteiger partial charge on any atom is 0.166 e. The highest BCUT2D eigenvalue weighted by Crippen LogP contribution is 2.67. The smallest absolute Gasteiger partial charge is 0.166 e. The van der Waals surface area contributed by atoms with Gasteiger partial charge < -0.3 is 15.6 Å². The second-order valence-electron chi connectivity index (χ2n) is 7.33. The van der Waals surface area contributed by atoms with Crippen LogP contribution < -0.4 is 10.6 Å². The van der Waals surface area contributed by atoms with Gasteiger partial charge in [-0.25, -0.2) is 0 Å². The van der Waals surface area contributed by atoms with Gasteiger partial charge in [0.1, 0.15) is 0 Å². The number of H-pyrrole nitrogens is 1. The summed E-state index contributed by atoms with van der Waals surface area (Å²) >= 11 is 5.27. The zero-order chi connectivity index (χ0) is 17.3. The van der Waals surface area contributed by atoms with Crippen molar-refractivity contribution in [3.8, 4) is 0 Å². The van der Waals surface area contributed by atoms with Gasteiger partial charge in [0.05, 0.1) is 0 Å². The van der Waals surface area contributed by atoms with Crippen molar-refractivity contribution in [2.45, 2.75) is 33.1 Å². The van der Waals surface area contributed by atoms with Gasteiger partial charge in [0.25, 0.3) is 0 Å². The summed E-state index contributed by atoms with van der Waals surface area (Å²) in [6, 6.07) is 8.64. The van der Waals surface area contributed by atoms with Crippen molar-refractivity contribution in [1.82, 2.24) is 15.6 Å². The summed E-state index contributed by atoms with van der Waals surface area (Å²) in [6.07, 6.45) is 2.94. The molecule has 1 heterocycles. The summed E-state index contributed by atoms with van der Waals surface area (Å²) in [5.41, 5.74) is 4.41. The lowest BCUT2D eigenvalue weighted by atomic mass is 10.0. The molecule has 3 nitrogen and oxygen atoms in total. The summed E-state index contributed by atoms with van der Waals surface area (Å²) < 4.78 is 0. The quantitative estimate of drug-likeness (QED) is 0.543. The summed E-state index contributed by atoms with van der Waals surface area (Å²) in [5.74, 6) is 1.30. The largest absolute Gasteiger partial charge is 0.363 e. The van der Waals surface area contributed by atoms with E-state index in [0.29, 0.717) is 28.9 Å². The molecule has 3 rings (SSSR count). The topological polar surface area (TPSA) is 39.8 Å². The van der Waals surface area contributed by atoms with E-state index in [2.05, 4.69) is 67.2 Å². The van der Waals surface area contributed by atoms with E-state index in [1.54, 1.807) is 0 Å². The van der Waals surface area contributed by atoms with Crippen LogP contribution in [0.15, 0.2) is 36.9 Å². The molecule has 1 saturated carbocycles. The van der Waals surface area contributed by atoms with E-state index < -0.39 is 0 Å². The highest BCUT2D eigenvalue weighted by molar-refractivity contribution is 7.80. The zero-order valence-electron chi connectivity index (χ0n) is 14.8. The molecule has 3 N–H and O–H groups in total. The van der Waals surface area contributed by atoms with Gasteiger partial charge in [-0.05, 0) is 54.4 Å². The summed E-state index contributed by atoms with van der Waals surface area (Å²) in [6.45, 7) is 12.3. The number of hydrogen-bond donors (Lipinski definition) is 3. The summed E-state index contributed by atoms with van der Waals surface area (Å²) in [7, 11) is 0. The Morgan fingerprint density at radius 2 is 2.08 bits per heavy atom. The van der Waals surface area contributed by atoms with Crippen LogP contribution in [0.25, 0.3) is 10.9 Å². The maximum atomic E-state index is 5.27. The lowest BCUT2D eigenvalue weighted by Crippen LogP contribution is -2.35. The molecule has 0 aliphatic heterocycles. The Kier molecular flexibility index (Phi) is 4.68. The van der Waals surface area contributed by atoms with E-state index in [0.717, 1.165) is 13.0 Å². The maximum absolute atomic E-state index is 5.27. The normalized spacial score (nSPS) is 21.5. The standard InChI is InChI=1S/C20H27N3S/c1-5-11-21-19(24)22-12-10-15-18(20(15,3)4)17-13(2)23-16-9-7-6-8-14(16)17/h5-9,15,18,23H,1,10-12H2,2-4H3,(H2,21,22,24)/t15-,18-/m0/s1. The number of nitrogens with one attached hydrogen (secondary N) is 3. The fraction of sp³-hybridized carbons (Fsp3) is 0.450. The molecule has 0 spiro atoms. The Morgan fingerprint density at radius 1 is 1.33 bits per heavy atom. The first-order chi connectivity index (χ1) is 11.5. The number of thiocarbonyl (C=S) groups is 1. The minimum atomic E-state index is 0.341. The highest BCUT2D eigenvalue weighted by atomic mass is 32.1. The molecule has 24 heavy (non-hydrogen) atoms. The zero-order valence-corrected chi connectivity index (χ0v) is 15.6. The van der Waals surface area contributed by atoms with Crippen LogP contribution in [-0.4, -0.2) is 23.2 Å². The summed E-state index contributed by atoms with van der Waals surface area (Å²) in [5, 5.41) is 8.52. The number of aromatic nitrogens is 1. The fourth-order valence-corrected chi connectivity index (χ4v) is 4.31. The van der Waals surface area contributed by atoms with Crippen molar-refractivity contribution < 1.29 is 0 Å². The Bertz CT molecular complexity index is 759. The molecule has 1 aliphatic carbocycles. The Morgan fingerprint density at radius 3 is 2.83 bits per heavy atom. The minimum absolute atomic E-state index is 0.341. The molecule has 2 aromatic rings. The van der Waals surface area contributed by atoms with Gasteiger partial charge in [-0.3, -0.25) is 0 Å². The van der Waals surface area contributed by atoms with Crippen molar-refractivity contribution in [3.63, 3.8) is 0 Å². The van der Waals surface area contributed by atoms with Gasteiger partial charge >= 0.3 is 0 Å². The SMILES string of the molecule is C=CCNC(=S)NCC[C@H]1[C@@H](c2c(C)[nH]c3ccccc23)C1(C)C. The van der Waals surface area contributed by atoms with Crippen LogP contribution in [0.5, 0.6) is 0 Å². The average molecular weight is 342 g/mol. The highest BCUT2D eigenvalue weighted by Gasteiger charge is 2.58. The van der Waals surface area contributed by atoms with E-state index in [9.17, 15) is 0 Å². The molecule has 2 atom stereocenters.